The molecule has 0 aliphatic heterocycles. The maximum atomic E-state index is 12.0. The van der Waals surface area contributed by atoms with Crippen molar-refractivity contribution in [2.75, 3.05) is 7.05 Å². The highest BCUT2D eigenvalue weighted by Gasteiger charge is 2.26. The van der Waals surface area contributed by atoms with Crippen LogP contribution in [0.2, 0.25) is 0 Å². The number of carbonyl (C=O) groups is 3. The third-order valence-corrected chi connectivity index (χ3v) is 4.32. The van der Waals surface area contributed by atoms with Crippen LogP contribution >= 0.6 is 0 Å². The summed E-state index contributed by atoms with van der Waals surface area (Å²) >= 11 is 0. The predicted molar refractivity (Wildman–Crippen MR) is 84.9 cm³/mol. The highest BCUT2D eigenvalue weighted by Crippen LogP contribution is 2.27. The van der Waals surface area contributed by atoms with E-state index in [2.05, 4.69) is 10.6 Å². The number of hydrogen-bond donors (Lipinski definition) is 3. The Bertz CT molecular complexity index is 379. The first-order valence-corrected chi connectivity index (χ1v) is 8.31. The zero-order valence-electron chi connectivity index (χ0n) is 13.5. The van der Waals surface area contributed by atoms with Gasteiger partial charge in [0.15, 0.2) is 0 Å². The molecule has 0 aromatic carbocycles. The number of primary amides is 1. The fourth-order valence-corrected chi connectivity index (χ4v) is 3.06. The standard InChI is InChI=1S/C16H29N3O3/c1-18-15(21)9-5-6-10-16(22)19-13(11-14(17)20)12-7-3-2-4-8-12/h12-13H,2-11H2,1H3,(H2,17,20)(H,18,21)(H,19,22). The van der Waals surface area contributed by atoms with E-state index >= 15 is 0 Å². The lowest BCUT2D eigenvalue weighted by Gasteiger charge is -2.30. The van der Waals surface area contributed by atoms with Crippen molar-refractivity contribution in [2.24, 2.45) is 11.7 Å². The summed E-state index contributed by atoms with van der Waals surface area (Å²) in [6.07, 6.45) is 8.05. The van der Waals surface area contributed by atoms with Gasteiger partial charge in [0.25, 0.3) is 0 Å². The minimum atomic E-state index is -0.365. The molecule has 0 spiro atoms. The summed E-state index contributed by atoms with van der Waals surface area (Å²) in [6.45, 7) is 0. The molecule has 22 heavy (non-hydrogen) atoms. The van der Waals surface area contributed by atoms with Gasteiger partial charge < -0.3 is 16.4 Å². The van der Waals surface area contributed by atoms with E-state index in [1.165, 1.54) is 6.42 Å². The smallest absolute Gasteiger partial charge is 0.220 e. The number of hydrogen-bond acceptors (Lipinski definition) is 3. The highest BCUT2D eigenvalue weighted by molar-refractivity contribution is 5.79. The van der Waals surface area contributed by atoms with Gasteiger partial charge in [-0.25, -0.2) is 0 Å². The van der Waals surface area contributed by atoms with Crippen LogP contribution in [-0.2, 0) is 14.4 Å². The van der Waals surface area contributed by atoms with E-state index in [0.717, 1.165) is 25.7 Å². The number of carbonyl (C=O) groups excluding carboxylic acids is 3. The SMILES string of the molecule is CNC(=O)CCCCC(=O)NC(CC(N)=O)C1CCCCC1. The van der Waals surface area contributed by atoms with E-state index in [1.54, 1.807) is 7.05 Å². The van der Waals surface area contributed by atoms with Gasteiger partial charge in [-0.15, -0.1) is 0 Å². The Kier molecular flexibility index (Phi) is 8.55. The minimum absolute atomic E-state index is 0.00535. The van der Waals surface area contributed by atoms with Gasteiger partial charge in [0, 0.05) is 32.4 Å². The number of rotatable bonds is 9. The van der Waals surface area contributed by atoms with Crippen LogP contribution < -0.4 is 16.4 Å². The quantitative estimate of drug-likeness (QED) is 0.558. The van der Waals surface area contributed by atoms with E-state index in [4.69, 9.17) is 5.73 Å². The van der Waals surface area contributed by atoms with Crippen molar-refractivity contribution in [3.63, 3.8) is 0 Å². The Morgan fingerprint density at radius 1 is 1.05 bits per heavy atom. The van der Waals surface area contributed by atoms with Crippen LogP contribution in [0, 0.1) is 5.92 Å². The zero-order valence-corrected chi connectivity index (χ0v) is 13.5. The molecule has 0 heterocycles. The fraction of sp³-hybridized carbons (Fsp3) is 0.812. The molecule has 0 saturated heterocycles. The second-order valence-corrected chi connectivity index (χ2v) is 6.12. The largest absolute Gasteiger partial charge is 0.370 e. The zero-order chi connectivity index (χ0) is 16.4. The second-order valence-electron chi connectivity index (χ2n) is 6.12. The summed E-state index contributed by atoms with van der Waals surface area (Å²) < 4.78 is 0. The van der Waals surface area contributed by atoms with Crippen LogP contribution in [0.1, 0.15) is 64.2 Å². The number of nitrogens with one attached hydrogen (secondary N) is 2. The summed E-state index contributed by atoms with van der Waals surface area (Å²) in [7, 11) is 1.60. The Morgan fingerprint density at radius 2 is 1.64 bits per heavy atom. The normalized spacial score (nSPS) is 16.8. The molecule has 4 N–H and O–H groups in total. The molecule has 1 fully saturated rings. The van der Waals surface area contributed by atoms with Crippen LogP contribution in [0.3, 0.4) is 0 Å². The maximum absolute atomic E-state index is 12.0. The van der Waals surface area contributed by atoms with Gasteiger partial charge in [-0.1, -0.05) is 19.3 Å². The van der Waals surface area contributed by atoms with Gasteiger partial charge >= 0.3 is 0 Å². The van der Waals surface area contributed by atoms with Crippen LogP contribution in [0.25, 0.3) is 0 Å². The van der Waals surface area contributed by atoms with Gasteiger partial charge in [0.2, 0.25) is 17.7 Å². The molecule has 1 atom stereocenters. The van der Waals surface area contributed by atoms with Gasteiger partial charge in [0.1, 0.15) is 0 Å². The molecule has 6 heteroatoms. The van der Waals surface area contributed by atoms with Crippen LogP contribution in [0.15, 0.2) is 0 Å². The third kappa shape index (κ3) is 7.43. The van der Waals surface area contributed by atoms with E-state index < -0.39 is 0 Å². The second kappa shape index (κ2) is 10.2. The average molecular weight is 311 g/mol. The van der Waals surface area contributed by atoms with Crippen molar-refractivity contribution < 1.29 is 14.4 Å². The molecule has 126 valence electrons. The fourth-order valence-electron chi connectivity index (χ4n) is 3.06. The first-order valence-electron chi connectivity index (χ1n) is 8.31. The molecule has 3 amide bonds. The molecule has 1 aliphatic rings. The Labute approximate surface area is 132 Å². The molecular formula is C16H29N3O3. The molecule has 1 aliphatic carbocycles. The van der Waals surface area contributed by atoms with Gasteiger partial charge in [-0.3, -0.25) is 14.4 Å². The van der Waals surface area contributed by atoms with Crippen LogP contribution in [0.4, 0.5) is 0 Å². The maximum Gasteiger partial charge on any atom is 0.220 e. The number of amides is 3. The van der Waals surface area contributed by atoms with Crippen molar-refractivity contribution in [3.05, 3.63) is 0 Å². The average Bonchev–Trinajstić information content (AvgIpc) is 2.51. The third-order valence-electron chi connectivity index (χ3n) is 4.32. The van der Waals surface area contributed by atoms with Crippen molar-refractivity contribution in [1.29, 1.82) is 0 Å². The van der Waals surface area contributed by atoms with Gasteiger partial charge in [-0.05, 0) is 31.6 Å². The van der Waals surface area contributed by atoms with Crippen molar-refractivity contribution >= 4 is 17.7 Å². The predicted octanol–water partition coefficient (Wildman–Crippen LogP) is 1.23. The molecule has 0 bridgehead atoms. The molecule has 0 aromatic rings. The van der Waals surface area contributed by atoms with Gasteiger partial charge in [-0.2, -0.15) is 0 Å². The molecule has 1 saturated carbocycles. The first kappa shape index (κ1) is 18.5. The lowest BCUT2D eigenvalue weighted by atomic mass is 9.82. The Balaban J connectivity index is 2.35. The molecule has 1 rings (SSSR count). The van der Waals surface area contributed by atoms with E-state index in [9.17, 15) is 14.4 Å². The number of nitrogens with two attached hydrogens (primary N) is 1. The first-order chi connectivity index (χ1) is 10.5. The highest BCUT2D eigenvalue weighted by atomic mass is 16.2. The molecule has 0 aromatic heterocycles. The summed E-state index contributed by atoms with van der Waals surface area (Å²) in [5, 5.41) is 5.54. The minimum Gasteiger partial charge on any atom is -0.370 e. The summed E-state index contributed by atoms with van der Waals surface area (Å²) in [5.74, 6) is -0.0606. The van der Waals surface area contributed by atoms with Crippen molar-refractivity contribution in [1.82, 2.24) is 10.6 Å². The molecular weight excluding hydrogens is 282 g/mol. The Morgan fingerprint density at radius 3 is 2.18 bits per heavy atom. The van der Waals surface area contributed by atoms with Crippen LogP contribution in [0.5, 0.6) is 0 Å². The topological polar surface area (TPSA) is 101 Å². The lowest BCUT2D eigenvalue weighted by molar-refractivity contribution is -0.124. The summed E-state index contributed by atoms with van der Waals surface area (Å²) in [4.78, 5) is 34.4. The summed E-state index contributed by atoms with van der Waals surface area (Å²) in [6, 6.07) is -0.135. The van der Waals surface area contributed by atoms with Gasteiger partial charge in [0.05, 0.1) is 0 Å². The summed E-state index contributed by atoms with van der Waals surface area (Å²) in [5.41, 5.74) is 5.31. The molecule has 0 radical (unpaired) electrons. The van der Waals surface area contributed by atoms with Crippen molar-refractivity contribution in [3.8, 4) is 0 Å². The lowest BCUT2D eigenvalue weighted by Crippen LogP contribution is -2.43. The monoisotopic (exact) mass is 311 g/mol. The molecule has 6 nitrogen and oxygen atoms in total. The number of unbranched alkanes of at least 4 members (excludes halogenated alkanes) is 1. The Hall–Kier alpha value is -1.59. The van der Waals surface area contributed by atoms with E-state index in [1.807, 2.05) is 0 Å². The van der Waals surface area contributed by atoms with Crippen molar-refractivity contribution in [2.45, 2.75) is 70.3 Å². The van der Waals surface area contributed by atoms with Crippen LogP contribution in [-0.4, -0.2) is 30.8 Å². The van der Waals surface area contributed by atoms with E-state index in [0.29, 0.717) is 31.6 Å². The van der Waals surface area contributed by atoms with E-state index in [-0.39, 0.29) is 30.2 Å². The molecule has 1 unspecified atom stereocenters.